The van der Waals surface area contributed by atoms with Gasteiger partial charge in [0, 0.05) is 11.6 Å². The van der Waals surface area contributed by atoms with Gasteiger partial charge in [-0.15, -0.1) is 0 Å². The minimum Gasteiger partial charge on any atom is -0.444 e. The number of rotatable bonds is 2. The van der Waals surface area contributed by atoms with Gasteiger partial charge in [0.2, 0.25) is 0 Å². The van der Waals surface area contributed by atoms with Gasteiger partial charge in [-0.1, -0.05) is 6.07 Å². The third kappa shape index (κ3) is 2.32. The van der Waals surface area contributed by atoms with Crippen molar-refractivity contribution in [3.63, 3.8) is 0 Å². The molecule has 0 saturated heterocycles. The highest BCUT2D eigenvalue weighted by atomic mass is 79.9. The number of benzene rings is 1. The number of pyridine rings is 1. The molecule has 0 atom stereocenters. The molecular weight excluding hydrogens is 320 g/mol. The Hall–Kier alpha value is -2.14. The van der Waals surface area contributed by atoms with Crippen LogP contribution in [0, 0.1) is 6.92 Å². The lowest BCUT2D eigenvalue weighted by molar-refractivity contribution is 0.0995. The maximum atomic E-state index is 12.1. The highest BCUT2D eigenvalue weighted by Gasteiger charge is 2.12. The molecule has 1 aromatic carbocycles. The van der Waals surface area contributed by atoms with E-state index in [0.29, 0.717) is 4.67 Å². The Bertz CT molecular complexity index is 795. The van der Waals surface area contributed by atoms with Crippen LogP contribution < -0.4 is 5.32 Å². The number of carbonyl (C=O) groups excluding carboxylic acids is 1. The van der Waals surface area contributed by atoms with Crippen molar-refractivity contribution < 1.29 is 9.21 Å². The van der Waals surface area contributed by atoms with Crippen LogP contribution in [-0.2, 0) is 0 Å². The molecule has 2 heterocycles. The number of fused-ring (bicyclic) bond motifs is 1. The smallest absolute Gasteiger partial charge is 0.291 e. The van der Waals surface area contributed by atoms with Crippen molar-refractivity contribution in [2.45, 2.75) is 6.92 Å². The lowest BCUT2D eigenvalue weighted by Crippen LogP contribution is -2.11. The van der Waals surface area contributed by atoms with E-state index in [4.69, 9.17) is 4.42 Å². The molecular formula is C15H11BrN2O2. The molecule has 0 saturated carbocycles. The third-order valence-corrected chi connectivity index (χ3v) is 3.44. The van der Waals surface area contributed by atoms with Crippen molar-refractivity contribution in [3.8, 4) is 0 Å². The Labute approximate surface area is 123 Å². The van der Waals surface area contributed by atoms with Crippen molar-refractivity contribution in [1.29, 1.82) is 0 Å². The minimum atomic E-state index is -0.287. The van der Waals surface area contributed by atoms with E-state index in [1.165, 1.54) is 0 Å². The standard InChI is InChI=1S/C15H11BrN2O2/c1-9-4-5-11(10-3-2-8-17-14(9)10)18-15(19)12-6-7-13(16)20-12/h2-8H,1H3,(H,18,19). The molecule has 0 spiro atoms. The monoisotopic (exact) mass is 330 g/mol. The molecule has 2 aromatic heterocycles. The fourth-order valence-corrected chi connectivity index (χ4v) is 2.35. The SMILES string of the molecule is Cc1ccc(NC(=O)c2ccc(Br)o2)c2cccnc12. The van der Waals surface area contributed by atoms with Crippen LogP contribution in [0.2, 0.25) is 0 Å². The molecule has 0 aliphatic heterocycles. The highest BCUT2D eigenvalue weighted by Crippen LogP contribution is 2.25. The second kappa shape index (κ2) is 5.09. The van der Waals surface area contributed by atoms with Gasteiger partial charge in [0.15, 0.2) is 10.4 Å². The first kappa shape index (κ1) is 12.9. The molecule has 0 bridgehead atoms. The predicted octanol–water partition coefficient (Wildman–Crippen LogP) is 4.15. The van der Waals surface area contributed by atoms with Gasteiger partial charge in [-0.2, -0.15) is 0 Å². The van der Waals surface area contributed by atoms with Crippen LogP contribution in [0.1, 0.15) is 16.1 Å². The molecule has 4 nitrogen and oxygen atoms in total. The lowest BCUT2D eigenvalue weighted by Gasteiger charge is -2.08. The molecule has 3 aromatic rings. The molecule has 0 fully saturated rings. The van der Waals surface area contributed by atoms with Crippen LogP contribution in [0.25, 0.3) is 10.9 Å². The average molecular weight is 331 g/mol. The molecule has 0 unspecified atom stereocenters. The second-order valence-corrected chi connectivity index (χ2v) is 5.17. The summed E-state index contributed by atoms with van der Waals surface area (Å²) in [5, 5.41) is 3.76. The van der Waals surface area contributed by atoms with E-state index in [2.05, 4.69) is 26.2 Å². The van der Waals surface area contributed by atoms with Crippen LogP contribution in [0.15, 0.2) is 51.7 Å². The van der Waals surface area contributed by atoms with E-state index in [1.54, 1.807) is 18.3 Å². The Balaban J connectivity index is 1.99. The Morgan fingerprint density at radius 1 is 1.25 bits per heavy atom. The lowest BCUT2D eigenvalue weighted by atomic mass is 10.1. The summed E-state index contributed by atoms with van der Waals surface area (Å²) in [6, 6.07) is 10.9. The molecule has 20 heavy (non-hydrogen) atoms. The molecule has 0 aliphatic carbocycles. The number of hydrogen-bond acceptors (Lipinski definition) is 3. The van der Waals surface area contributed by atoms with Gasteiger partial charge in [-0.25, -0.2) is 0 Å². The van der Waals surface area contributed by atoms with E-state index >= 15 is 0 Å². The van der Waals surface area contributed by atoms with E-state index in [9.17, 15) is 4.79 Å². The quantitative estimate of drug-likeness (QED) is 0.767. The number of halogens is 1. The first-order valence-corrected chi connectivity index (χ1v) is 6.85. The van der Waals surface area contributed by atoms with Gasteiger partial charge in [0.25, 0.3) is 5.91 Å². The molecule has 0 radical (unpaired) electrons. The molecule has 5 heteroatoms. The zero-order chi connectivity index (χ0) is 14.1. The van der Waals surface area contributed by atoms with Gasteiger partial charge < -0.3 is 9.73 Å². The van der Waals surface area contributed by atoms with Crippen LogP contribution in [-0.4, -0.2) is 10.9 Å². The average Bonchev–Trinajstić information content (AvgIpc) is 2.89. The molecule has 1 amide bonds. The number of nitrogens with one attached hydrogen (secondary N) is 1. The van der Waals surface area contributed by atoms with Crippen molar-refractivity contribution in [2.75, 3.05) is 5.32 Å². The minimum absolute atomic E-state index is 0.259. The fraction of sp³-hybridized carbons (Fsp3) is 0.0667. The summed E-state index contributed by atoms with van der Waals surface area (Å²) >= 11 is 3.18. The zero-order valence-corrected chi connectivity index (χ0v) is 12.3. The summed E-state index contributed by atoms with van der Waals surface area (Å²) in [4.78, 5) is 16.5. The Kier molecular flexibility index (Phi) is 3.28. The number of amides is 1. The Morgan fingerprint density at radius 2 is 2.10 bits per heavy atom. The van der Waals surface area contributed by atoms with Gasteiger partial charge in [-0.3, -0.25) is 9.78 Å². The van der Waals surface area contributed by atoms with Crippen molar-refractivity contribution in [1.82, 2.24) is 4.98 Å². The molecule has 3 rings (SSSR count). The first-order valence-electron chi connectivity index (χ1n) is 6.06. The van der Waals surface area contributed by atoms with Crippen molar-refractivity contribution in [3.05, 3.63) is 58.6 Å². The maximum absolute atomic E-state index is 12.1. The van der Waals surface area contributed by atoms with Gasteiger partial charge in [0.05, 0.1) is 11.2 Å². The van der Waals surface area contributed by atoms with Crippen LogP contribution in [0.4, 0.5) is 5.69 Å². The number of carbonyl (C=O) groups is 1. The van der Waals surface area contributed by atoms with E-state index in [0.717, 1.165) is 22.2 Å². The van der Waals surface area contributed by atoms with Crippen LogP contribution in [0.3, 0.4) is 0 Å². The number of hydrogen-bond donors (Lipinski definition) is 1. The topological polar surface area (TPSA) is 55.1 Å². The molecule has 0 aliphatic rings. The summed E-state index contributed by atoms with van der Waals surface area (Å²) in [6.07, 6.45) is 1.74. The van der Waals surface area contributed by atoms with Crippen molar-refractivity contribution >= 4 is 38.4 Å². The number of anilines is 1. The number of furan rings is 1. The number of aromatic nitrogens is 1. The van der Waals surface area contributed by atoms with Gasteiger partial charge >= 0.3 is 0 Å². The fourth-order valence-electron chi connectivity index (χ4n) is 2.04. The van der Waals surface area contributed by atoms with Crippen LogP contribution >= 0.6 is 15.9 Å². The highest BCUT2D eigenvalue weighted by molar-refractivity contribution is 9.10. The second-order valence-electron chi connectivity index (χ2n) is 4.39. The van der Waals surface area contributed by atoms with E-state index in [-0.39, 0.29) is 11.7 Å². The third-order valence-electron chi connectivity index (χ3n) is 3.02. The van der Waals surface area contributed by atoms with Gasteiger partial charge in [-0.05, 0) is 58.7 Å². The summed E-state index contributed by atoms with van der Waals surface area (Å²) in [6.45, 7) is 1.99. The maximum Gasteiger partial charge on any atom is 0.291 e. The molecule has 1 N–H and O–H groups in total. The first-order chi connectivity index (χ1) is 9.65. The normalized spacial score (nSPS) is 10.7. The van der Waals surface area contributed by atoms with Gasteiger partial charge in [0.1, 0.15) is 0 Å². The summed E-state index contributed by atoms with van der Waals surface area (Å²) in [7, 11) is 0. The summed E-state index contributed by atoms with van der Waals surface area (Å²) in [5.41, 5.74) is 2.67. The van der Waals surface area contributed by atoms with E-state index in [1.807, 2.05) is 31.2 Å². The van der Waals surface area contributed by atoms with E-state index < -0.39 is 0 Å². The molecule has 100 valence electrons. The summed E-state index contributed by atoms with van der Waals surface area (Å²) in [5.74, 6) is -0.0285. The number of nitrogens with zero attached hydrogens (tertiary/aromatic N) is 1. The number of aryl methyl sites for hydroxylation is 1. The predicted molar refractivity (Wildman–Crippen MR) is 80.8 cm³/mol. The van der Waals surface area contributed by atoms with Crippen LogP contribution in [0.5, 0.6) is 0 Å². The van der Waals surface area contributed by atoms with Crippen molar-refractivity contribution in [2.24, 2.45) is 0 Å². The Morgan fingerprint density at radius 3 is 2.85 bits per heavy atom. The zero-order valence-electron chi connectivity index (χ0n) is 10.7. The largest absolute Gasteiger partial charge is 0.444 e. The summed E-state index contributed by atoms with van der Waals surface area (Å²) < 4.78 is 5.77.